The summed E-state index contributed by atoms with van der Waals surface area (Å²) in [6, 6.07) is 3.78. The number of fused-ring (bicyclic) bond motifs is 1. The van der Waals surface area contributed by atoms with E-state index in [4.69, 9.17) is 17.2 Å². The molecule has 3 aromatic rings. The van der Waals surface area contributed by atoms with E-state index in [1.807, 2.05) is 29.9 Å². The first-order chi connectivity index (χ1) is 9.06. The molecular formula is C11H12N8. The van der Waals surface area contributed by atoms with E-state index in [0.29, 0.717) is 16.9 Å². The summed E-state index contributed by atoms with van der Waals surface area (Å²) in [4.78, 5) is 16.4. The lowest BCUT2D eigenvalue weighted by Gasteiger charge is -2.08. The normalized spacial score (nSPS) is 11.0. The fourth-order valence-corrected chi connectivity index (χ4v) is 1.89. The van der Waals surface area contributed by atoms with Gasteiger partial charge >= 0.3 is 0 Å². The van der Waals surface area contributed by atoms with Gasteiger partial charge < -0.3 is 21.8 Å². The minimum absolute atomic E-state index is 0.0466. The van der Waals surface area contributed by atoms with Crippen molar-refractivity contribution in [3.05, 3.63) is 18.3 Å². The third-order valence-electron chi connectivity index (χ3n) is 2.79. The van der Waals surface area contributed by atoms with E-state index in [9.17, 15) is 0 Å². The minimum Gasteiger partial charge on any atom is -0.382 e. The van der Waals surface area contributed by atoms with Crippen LogP contribution in [0.2, 0.25) is 0 Å². The molecular weight excluding hydrogens is 244 g/mol. The van der Waals surface area contributed by atoms with Crippen LogP contribution in [0.1, 0.15) is 0 Å². The second-order valence-electron chi connectivity index (χ2n) is 4.10. The molecule has 0 aliphatic carbocycles. The van der Waals surface area contributed by atoms with Gasteiger partial charge in [0.25, 0.3) is 0 Å². The first-order valence-electron chi connectivity index (χ1n) is 5.54. The molecule has 3 heterocycles. The summed E-state index contributed by atoms with van der Waals surface area (Å²) in [6.45, 7) is 0. The molecule has 96 valence electrons. The molecule has 0 radical (unpaired) electrons. The van der Waals surface area contributed by atoms with Crippen LogP contribution < -0.4 is 17.2 Å². The molecule has 8 nitrogen and oxygen atoms in total. The zero-order valence-corrected chi connectivity index (χ0v) is 10.2. The largest absolute Gasteiger partial charge is 0.382 e. The van der Waals surface area contributed by atoms with Crippen LogP contribution in [0.5, 0.6) is 0 Å². The first kappa shape index (κ1) is 11.2. The highest BCUT2D eigenvalue weighted by molar-refractivity contribution is 5.86. The minimum atomic E-state index is 0.0466. The van der Waals surface area contributed by atoms with Crippen LogP contribution in [0.3, 0.4) is 0 Å². The molecule has 0 spiro atoms. The second-order valence-corrected chi connectivity index (χ2v) is 4.10. The summed E-state index contributed by atoms with van der Waals surface area (Å²) in [6.07, 6.45) is 1.89. The molecule has 0 aliphatic rings. The number of nitrogen functional groups attached to an aromatic ring is 3. The fourth-order valence-electron chi connectivity index (χ4n) is 1.89. The van der Waals surface area contributed by atoms with E-state index in [2.05, 4.69) is 19.9 Å². The van der Waals surface area contributed by atoms with E-state index in [1.54, 1.807) is 0 Å². The molecule has 0 saturated carbocycles. The van der Waals surface area contributed by atoms with Crippen LogP contribution in [0.15, 0.2) is 18.3 Å². The van der Waals surface area contributed by atoms with Crippen LogP contribution in [0, 0.1) is 0 Å². The Morgan fingerprint density at radius 1 is 1.00 bits per heavy atom. The molecule has 0 fully saturated rings. The fraction of sp³-hybridized carbons (Fsp3) is 0.0909. The third kappa shape index (κ3) is 1.69. The highest BCUT2D eigenvalue weighted by Crippen LogP contribution is 2.26. The molecule has 3 aromatic heterocycles. The van der Waals surface area contributed by atoms with Gasteiger partial charge in [-0.05, 0) is 12.1 Å². The highest BCUT2D eigenvalue weighted by atomic mass is 15.1. The van der Waals surface area contributed by atoms with Crippen molar-refractivity contribution in [3.8, 4) is 11.4 Å². The van der Waals surface area contributed by atoms with E-state index in [1.165, 1.54) is 0 Å². The SMILES string of the molecule is Cn1cccc1-c1nc2c(N)nc(N)nc2nc1N. The summed E-state index contributed by atoms with van der Waals surface area (Å²) in [5, 5.41) is 0. The zero-order valence-electron chi connectivity index (χ0n) is 10.2. The Balaban J connectivity index is 2.34. The van der Waals surface area contributed by atoms with Gasteiger partial charge in [-0.2, -0.15) is 9.97 Å². The number of nitrogens with two attached hydrogens (primary N) is 3. The van der Waals surface area contributed by atoms with Gasteiger partial charge in [0.15, 0.2) is 22.8 Å². The number of hydrogen-bond donors (Lipinski definition) is 3. The van der Waals surface area contributed by atoms with Crippen molar-refractivity contribution in [2.75, 3.05) is 17.2 Å². The topological polar surface area (TPSA) is 135 Å². The molecule has 0 bridgehead atoms. The summed E-state index contributed by atoms with van der Waals surface area (Å²) < 4.78 is 1.89. The van der Waals surface area contributed by atoms with Gasteiger partial charge in [-0.15, -0.1) is 0 Å². The maximum absolute atomic E-state index is 5.92. The maximum atomic E-state index is 5.92. The Kier molecular flexibility index (Phi) is 2.24. The summed E-state index contributed by atoms with van der Waals surface area (Å²) in [7, 11) is 1.89. The predicted octanol–water partition coefficient (Wildman–Crippen LogP) is 0.172. The molecule has 19 heavy (non-hydrogen) atoms. The Morgan fingerprint density at radius 2 is 1.79 bits per heavy atom. The first-order valence-corrected chi connectivity index (χ1v) is 5.54. The molecule has 0 unspecified atom stereocenters. The van der Waals surface area contributed by atoms with Crippen molar-refractivity contribution in [1.82, 2.24) is 24.5 Å². The van der Waals surface area contributed by atoms with Crippen molar-refractivity contribution in [2.24, 2.45) is 7.05 Å². The average molecular weight is 256 g/mol. The van der Waals surface area contributed by atoms with Crippen molar-refractivity contribution in [3.63, 3.8) is 0 Å². The molecule has 0 aromatic carbocycles. The van der Waals surface area contributed by atoms with Crippen molar-refractivity contribution >= 4 is 28.7 Å². The summed E-state index contributed by atoms with van der Waals surface area (Å²) in [5.74, 6) is 0.502. The van der Waals surface area contributed by atoms with Gasteiger partial charge in [0, 0.05) is 13.2 Å². The lowest BCUT2D eigenvalue weighted by atomic mass is 10.3. The average Bonchev–Trinajstić information content (AvgIpc) is 2.74. The predicted molar refractivity (Wildman–Crippen MR) is 72.8 cm³/mol. The van der Waals surface area contributed by atoms with Gasteiger partial charge in [0.1, 0.15) is 5.69 Å². The van der Waals surface area contributed by atoms with E-state index >= 15 is 0 Å². The number of aryl methyl sites for hydroxylation is 1. The lowest BCUT2D eigenvalue weighted by molar-refractivity contribution is 0.931. The van der Waals surface area contributed by atoms with Gasteiger partial charge in [0.05, 0.1) is 5.69 Å². The molecule has 0 saturated heterocycles. The van der Waals surface area contributed by atoms with Gasteiger partial charge in [-0.3, -0.25) is 0 Å². The Hall–Kier alpha value is -2.90. The maximum Gasteiger partial charge on any atom is 0.224 e. The van der Waals surface area contributed by atoms with E-state index < -0.39 is 0 Å². The Bertz CT molecular complexity index is 776. The molecule has 3 rings (SSSR count). The molecule has 6 N–H and O–H groups in total. The number of rotatable bonds is 1. The van der Waals surface area contributed by atoms with Crippen LogP contribution in [0.25, 0.3) is 22.6 Å². The number of hydrogen-bond acceptors (Lipinski definition) is 7. The smallest absolute Gasteiger partial charge is 0.224 e. The third-order valence-corrected chi connectivity index (χ3v) is 2.79. The summed E-state index contributed by atoms with van der Waals surface area (Å²) in [5.41, 5.74) is 19.3. The Labute approximate surface area is 108 Å². The monoisotopic (exact) mass is 256 g/mol. The molecule has 0 aliphatic heterocycles. The number of nitrogens with zero attached hydrogens (tertiary/aromatic N) is 5. The van der Waals surface area contributed by atoms with Crippen molar-refractivity contribution in [1.29, 1.82) is 0 Å². The van der Waals surface area contributed by atoms with Crippen molar-refractivity contribution in [2.45, 2.75) is 0 Å². The number of anilines is 3. The quantitative estimate of drug-likeness (QED) is 0.564. The molecule has 0 amide bonds. The number of aromatic nitrogens is 5. The van der Waals surface area contributed by atoms with Crippen LogP contribution in [-0.2, 0) is 7.05 Å². The van der Waals surface area contributed by atoms with Crippen molar-refractivity contribution < 1.29 is 0 Å². The van der Waals surface area contributed by atoms with Gasteiger partial charge in [0.2, 0.25) is 5.95 Å². The Morgan fingerprint density at radius 3 is 2.47 bits per heavy atom. The molecule has 0 atom stereocenters. The van der Waals surface area contributed by atoms with E-state index in [0.717, 1.165) is 5.69 Å². The zero-order chi connectivity index (χ0) is 13.6. The van der Waals surface area contributed by atoms with Crippen LogP contribution >= 0.6 is 0 Å². The van der Waals surface area contributed by atoms with Crippen LogP contribution in [0.4, 0.5) is 17.6 Å². The highest BCUT2D eigenvalue weighted by Gasteiger charge is 2.14. The van der Waals surface area contributed by atoms with Gasteiger partial charge in [-0.25, -0.2) is 9.97 Å². The summed E-state index contributed by atoms with van der Waals surface area (Å²) >= 11 is 0. The standard InChI is InChI=1S/C11H12N8/c1-19-4-2-3-5(19)6-8(12)16-10-7(15-6)9(13)17-11(14)18-10/h2-4H,1H3,(H6,12,13,14,16,17,18). The van der Waals surface area contributed by atoms with Gasteiger partial charge in [-0.1, -0.05) is 0 Å². The van der Waals surface area contributed by atoms with Crippen LogP contribution in [-0.4, -0.2) is 24.5 Å². The lowest BCUT2D eigenvalue weighted by Crippen LogP contribution is -2.07. The second kappa shape index (κ2) is 3.80. The molecule has 8 heteroatoms. The van der Waals surface area contributed by atoms with E-state index in [-0.39, 0.29) is 17.6 Å².